The summed E-state index contributed by atoms with van der Waals surface area (Å²) in [6.07, 6.45) is 1.62. The third-order valence-corrected chi connectivity index (χ3v) is 4.49. The Balaban J connectivity index is 1.47. The molecular formula is C18H23FN4O2. The lowest BCUT2D eigenvalue weighted by molar-refractivity contribution is -0.131. The van der Waals surface area contributed by atoms with Crippen LogP contribution in [0.4, 0.5) is 4.39 Å². The zero-order chi connectivity index (χ0) is 17.8. The number of hydrogen-bond donors (Lipinski definition) is 3. The SMILES string of the molecule is CN(CCCc1cc(-c2ccc(F)cc2)n[nH]1)C(=O)[C@H]1C[C@@H](O)CN1. The molecule has 0 bridgehead atoms. The number of H-pyrrole nitrogens is 1. The lowest BCUT2D eigenvalue weighted by Crippen LogP contribution is -2.42. The third kappa shape index (κ3) is 4.43. The monoisotopic (exact) mass is 346 g/mol. The highest BCUT2D eigenvalue weighted by molar-refractivity contribution is 5.82. The van der Waals surface area contributed by atoms with Crippen LogP contribution in [0.25, 0.3) is 11.3 Å². The van der Waals surface area contributed by atoms with Gasteiger partial charge in [-0.1, -0.05) is 0 Å². The maximum Gasteiger partial charge on any atom is 0.239 e. The molecule has 1 saturated heterocycles. The average molecular weight is 346 g/mol. The molecule has 1 aromatic carbocycles. The molecule has 7 heteroatoms. The standard InChI is InChI=1S/C18H23FN4O2/c1-23(18(25)17-10-15(24)11-20-17)8-2-3-14-9-16(22-21-14)12-4-6-13(19)7-5-12/h4-7,9,15,17,20,24H,2-3,8,10-11H2,1H3,(H,21,22)/t15-,17-/m1/s1. The fourth-order valence-electron chi connectivity index (χ4n) is 3.05. The van der Waals surface area contributed by atoms with E-state index in [1.807, 2.05) is 6.07 Å². The number of carbonyl (C=O) groups excluding carboxylic acids is 1. The molecule has 0 radical (unpaired) electrons. The molecule has 0 spiro atoms. The van der Waals surface area contributed by atoms with Gasteiger partial charge in [0.2, 0.25) is 5.91 Å². The number of nitrogens with one attached hydrogen (secondary N) is 2. The molecule has 0 saturated carbocycles. The first kappa shape index (κ1) is 17.6. The predicted molar refractivity (Wildman–Crippen MR) is 92.4 cm³/mol. The minimum Gasteiger partial charge on any atom is -0.392 e. The van der Waals surface area contributed by atoms with E-state index < -0.39 is 6.10 Å². The van der Waals surface area contributed by atoms with Gasteiger partial charge in [0.25, 0.3) is 0 Å². The second-order valence-corrected chi connectivity index (χ2v) is 6.50. The molecule has 2 heterocycles. The molecule has 1 aliphatic rings. The Morgan fingerprint density at radius 2 is 2.16 bits per heavy atom. The molecule has 3 N–H and O–H groups in total. The van der Waals surface area contributed by atoms with Crippen molar-refractivity contribution < 1.29 is 14.3 Å². The van der Waals surface area contributed by atoms with Crippen molar-refractivity contribution in [2.75, 3.05) is 20.1 Å². The minimum atomic E-state index is -0.433. The van der Waals surface area contributed by atoms with Crippen LogP contribution in [-0.2, 0) is 11.2 Å². The number of benzene rings is 1. The Morgan fingerprint density at radius 1 is 1.40 bits per heavy atom. The lowest BCUT2D eigenvalue weighted by Gasteiger charge is -2.20. The average Bonchev–Trinajstić information content (AvgIpc) is 3.24. The zero-order valence-electron chi connectivity index (χ0n) is 14.2. The Bertz CT molecular complexity index is 716. The van der Waals surface area contributed by atoms with E-state index >= 15 is 0 Å². The van der Waals surface area contributed by atoms with Crippen LogP contribution in [0, 0.1) is 5.82 Å². The summed E-state index contributed by atoms with van der Waals surface area (Å²) in [5.41, 5.74) is 2.63. The number of amides is 1. The van der Waals surface area contributed by atoms with Gasteiger partial charge in [0.15, 0.2) is 0 Å². The molecule has 0 aliphatic carbocycles. The maximum absolute atomic E-state index is 13.0. The molecule has 25 heavy (non-hydrogen) atoms. The number of halogens is 1. The summed E-state index contributed by atoms with van der Waals surface area (Å²) in [6.45, 7) is 1.11. The van der Waals surface area contributed by atoms with Gasteiger partial charge in [-0.2, -0.15) is 5.10 Å². The summed E-state index contributed by atoms with van der Waals surface area (Å²) in [5, 5.41) is 19.8. The first-order valence-electron chi connectivity index (χ1n) is 8.49. The number of likely N-dealkylation sites (N-methyl/N-ethyl adjacent to an activating group) is 1. The van der Waals surface area contributed by atoms with Gasteiger partial charge in [0.05, 0.1) is 17.8 Å². The fraction of sp³-hybridized carbons (Fsp3) is 0.444. The summed E-state index contributed by atoms with van der Waals surface area (Å²) in [5.74, 6) is -0.246. The number of aryl methyl sites for hydroxylation is 1. The van der Waals surface area contributed by atoms with Gasteiger partial charge in [-0.3, -0.25) is 9.89 Å². The Labute approximate surface area is 146 Å². The number of rotatable bonds is 6. The molecule has 1 aromatic heterocycles. The van der Waals surface area contributed by atoms with Crippen molar-refractivity contribution >= 4 is 5.91 Å². The molecule has 6 nitrogen and oxygen atoms in total. The van der Waals surface area contributed by atoms with Crippen molar-refractivity contribution in [1.82, 2.24) is 20.4 Å². The number of aliphatic hydroxyl groups excluding tert-OH is 1. The van der Waals surface area contributed by atoms with Crippen LogP contribution in [-0.4, -0.2) is 58.4 Å². The van der Waals surface area contributed by atoms with Gasteiger partial charge < -0.3 is 15.3 Å². The van der Waals surface area contributed by atoms with Crippen molar-refractivity contribution in [3.63, 3.8) is 0 Å². The van der Waals surface area contributed by atoms with Crippen molar-refractivity contribution in [2.45, 2.75) is 31.4 Å². The Morgan fingerprint density at radius 3 is 2.84 bits per heavy atom. The van der Waals surface area contributed by atoms with Crippen molar-refractivity contribution in [3.05, 3.63) is 41.8 Å². The highest BCUT2D eigenvalue weighted by Crippen LogP contribution is 2.18. The van der Waals surface area contributed by atoms with E-state index in [9.17, 15) is 14.3 Å². The first-order valence-corrected chi connectivity index (χ1v) is 8.49. The van der Waals surface area contributed by atoms with Gasteiger partial charge in [0, 0.05) is 31.4 Å². The van der Waals surface area contributed by atoms with Crippen LogP contribution in [0.3, 0.4) is 0 Å². The molecule has 134 valence electrons. The smallest absolute Gasteiger partial charge is 0.239 e. The molecular weight excluding hydrogens is 323 g/mol. The fourth-order valence-corrected chi connectivity index (χ4v) is 3.05. The molecule has 1 fully saturated rings. The minimum absolute atomic E-state index is 0.0214. The van der Waals surface area contributed by atoms with Crippen molar-refractivity contribution in [1.29, 1.82) is 0 Å². The number of hydrogen-bond acceptors (Lipinski definition) is 4. The quantitative estimate of drug-likeness (QED) is 0.737. The van der Waals surface area contributed by atoms with Crippen molar-refractivity contribution in [3.8, 4) is 11.3 Å². The number of aliphatic hydroxyl groups is 1. The predicted octanol–water partition coefficient (Wildman–Crippen LogP) is 1.33. The van der Waals surface area contributed by atoms with Gasteiger partial charge in [0.1, 0.15) is 5.82 Å². The number of aromatic nitrogens is 2. The van der Waals surface area contributed by atoms with Crippen LogP contribution in [0.15, 0.2) is 30.3 Å². The highest BCUT2D eigenvalue weighted by atomic mass is 19.1. The lowest BCUT2D eigenvalue weighted by atomic mass is 10.1. The molecule has 3 rings (SSSR count). The number of nitrogens with zero attached hydrogens (tertiary/aromatic N) is 2. The van der Waals surface area contributed by atoms with E-state index in [0.29, 0.717) is 19.5 Å². The highest BCUT2D eigenvalue weighted by Gasteiger charge is 2.29. The van der Waals surface area contributed by atoms with E-state index in [2.05, 4.69) is 15.5 Å². The Hall–Kier alpha value is -2.25. The molecule has 2 atom stereocenters. The summed E-state index contributed by atoms with van der Waals surface area (Å²) in [7, 11) is 1.78. The van der Waals surface area contributed by atoms with E-state index in [0.717, 1.165) is 29.8 Å². The number of aromatic amines is 1. The molecule has 2 aromatic rings. The Kier molecular flexibility index (Phi) is 5.45. The van der Waals surface area contributed by atoms with Crippen LogP contribution >= 0.6 is 0 Å². The van der Waals surface area contributed by atoms with Gasteiger partial charge in [-0.15, -0.1) is 0 Å². The molecule has 1 aliphatic heterocycles. The largest absolute Gasteiger partial charge is 0.392 e. The summed E-state index contributed by atoms with van der Waals surface area (Å²) in [4.78, 5) is 14.0. The molecule has 0 unspecified atom stereocenters. The molecule has 1 amide bonds. The van der Waals surface area contributed by atoms with Crippen LogP contribution in [0.2, 0.25) is 0 Å². The van der Waals surface area contributed by atoms with E-state index in [4.69, 9.17) is 0 Å². The van der Waals surface area contributed by atoms with Gasteiger partial charge in [-0.05, 0) is 49.6 Å². The summed E-state index contributed by atoms with van der Waals surface area (Å²) in [6, 6.07) is 7.90. The maximum atomic E-state index is 13.0. The van der Waals surface area contributed by atoms with E-state index in [-0.39, 0.29) is 17.8 Å². The normalized spacial score (nSPS) is 20.0. The summed E-state index contributed by atoms with van der Waals surface area (Å²) < 4.78 is 13.0. The zero-order valence-corrected chi connectivity index (χ0v) is 14.2. The number of β-amino-alcohol motifs (C(OH)–C–C–N with tert-alkyl or cyclic N) is 1. The van der Waals surface area contributed by atoms with Crippen molar-refractivity contribution in [2.24, 2.45) is 0 Å². The first-order chi connectivity index (χ1) is 12.0. The number of carbonyl (C=O) groups is 1. The second kappa shape index (κ2) is 7.76. The van der Waals surface area contributed by atoms with Gasteiger partial charge in [-0.25, -0.2) is 4.39 Å². The van der Waals surface area contributed by atoms with E-state index in [1.54, 1.807) is 24.1 Å². The third-order valence-electron chi connectivity index (χ3n) is 4.49. The second-order valence-electron chi connectivity index (χ2n) is 6.50. The van der Waals surface area contributed by atoms with Crippen LogP contribution in [0.1, 0.15) is 18.5 Å². The topological polar surface area (TPSA) is 81.2 Å². The summed E-state index contributed by atoms with van der Waals surface area (Å²) >= 11 is 0. The van der Waals surface area contributed by atoms with Gasteiger partial charge >= 0.3 is 0 Å². The van der Waals surface area contributed by atoms with Crippen LogP contribution < -0.4 is 5.32 Å². The van der Waals surface area contributed by atoms with E-state index in [1.165, 1.54) is 12.1 Å². The van der Waals surface area contributed by atoms with Crippen LogP contribution in [0.5, 0.6) is 0 Å².